The molecule has 0 amide bonds. The second-order valence-corrected chi connectivity index (χ2v) is 4.88. The van der Waals surface area contributed by atoms with Crippen molar-refractivity contribution in [1.29, 1.82) is 0 Å². The minimum Gasteiger partial charge on any atom is -0.481 e. The first-order chi connectivity index (χ1) is 10.2. The maximum atomic E-state index is 5.27. The zero-order chi connectivity index (χ0) is 15.2. The van der Waals surface area contributed by atoms with Gasteiger partial charge in [-0.15, -0.1) is 0 Å². The molecule has 0 saturated heterocycles. The number of hydrogen-bond acceptors (Lipinski definition) is 5. The highest BCUT2D eigenvalue weighted by Crippen LogP contribution is 2.24. The van der Waals surface area contributed by atoms with Gasteiger partial charge in [0.2, 0.25) is 11.8 Å². The zero-order valence-corrected chi connectivity index (χ0v) is 12.9. The monoisotopic (exact) mass is 287 g/mol. The Morgan fingerprint density at radius 3 is 2.14 bits per heavy atom. The highest BCUT2D eigenvalue weighted by atomic mass is 16.5. The summed E-state index contributed by atoms with van der Waals surface area (Å²) in [5.41, 5.74) is 3.31. The Balaban J connectivity index is 2.10. The van der Waals surface area contributed by atoms with Crippen LogP contribution in [0.4, 0.5) is 0 Å². The third kappa shape index (κ3) is 3.70. The quantitative estimate of drug-likeness (QED) is 0.885. The van der Waals surface area contributed by atoms with Gasteiger partial charge in [0.05, 0.1) is 19.8 Å². The lowest BCUT2D eigenvalue weighted by atomic mass is 10.1. The molecule has 2 aromatic rings. The zero-order valence-electron chi connectivity index (χ0n) is 12.9. The Kier molecular flexibility index (Phi) is 5.11. The van der Waals surface area contributed by atoms with Crippen LogP contribution in [-0.2, 0) is 6.54 Å². The number of nitrogens with zero attached hydrogens (tertiary/aromatic N) is 2. The molecule has 21 heavy (non-hydrogen) atoms. The van der Waals surface area contributed by atoms with Crippen LogP contribution in [0.15, 0.2) is 30.6 Å². The van der Waals surface area contributed by atoms with Gasteiger partial charge in [0.25, 0.3) is 0 Å². The summed E-state index contributed by atoms with van der Waals surface area (Å²) in [4.78, 5) is 8.23. The lowest BCUT2D eigenvalue weighted by Crippen LogP contribution is -2.19. The first kappa shape index (κ1) is 15.3. The number of nitrogens with one attached hydrogen (secondary N) is 1. The Morgan fingerprint density at radius 2 is 1.62 bits per heavy atom. The maximum absolute atomic E-state index is 5.27. The molecule has 1 atom stereocenters. The van der Waals surface area contributed by atoms with Crippen molar-refractivity contribution in [3.63, 3.8) is 0 Å². The van der Waals surface area contributed by atoms with Crippen LogP contribution in [0.25, 0.3) is 0 Å². The van der Waals surface area contributed by atoms with Gasteiger partial charge in [-0.3, -0.25) is 0 Å². The van der Waals surface area contributed by atoms with E-state index in [0.29, 0.717) is 18.3 Å². The number of hydrogen-bond donors (Lipinski definition) is 1. The molecule has 2 rings (SSSR count). The molecule has 0 spiro atoms. The molecule has 0 bridgehead atoms. The second-order valence-electron chi connectivity index (χ2n) is 4.88. The van der Waals surface area contributed by atoms with E-state index in [0.717, 1.165) is 5.56 Å². The SMILES string of the molecule is COc1ncnc(OC)c1CNC(C)c1ccc(C)cc1. The minimum absolute atomic E-state index is 0.209. The largest absolute Gasteiger partial charge is 0.481 e. The van der Waals surface area contributed by atoms with Gasteiger partial charge in [-0.05, 0) is 19.4 Å². The molecule has 1 N–H and O–H groups in total. The standard InChI is InChI=1S/C16H21N3O2/c1-11-5-7-13(8-6-11)12(2)17-9-14-15(20-3)18-10-19-16(14)21-4/h5-8,10,12,17H,9H2,1-4H3. The Morgan fingerprint density at radius 1 is 1.05 bits per heavy atom. The van der Waals surface area contributed by atoms with Crippen molar-refractivity contribution in [2.75, 3.05) is 14.2 Å². The van der Waals surface area contributed by atoms with E-state index in [4.69, 9.17) is 9.47 Å². The van der Waals surface area contributed by atoms with Gasteiger partial charge >= 0.3 is 0 Å². The Labute approximate surface area is 125 Å². The minimum atomic E-state index is 0.209. The molecule has 0 saturated carbocycles. The second kappa shape index (κ2) is 7.04. The molecule has 0 aliphatic heterocycles. The van der Waals surface area contributed by atoms with Crippen molar-refractivity contribution in [3.05, 3.63) is 47.3 Å². The van der Waals surface area contributed by atoms with Gasteiger partial charge in [-0.2, -0.15) is 0 Å². The fraction of sp³-hybridized carbons (Fsp3) is 0.375. The molecular formula is C16H21N3O2. The average molecular weight is 287 g/mol. The molecule has 5 heteroatoms. The van der Waals surface area contributed by atoms with Crippen molar-refractivity contribution in [1.82, 2.24) is 15.3 Å². The van der Waals surface area contributed by atoms with Gasteiger partial charge < -0.3 is 14.8 Å². The maximum Gasteiger partial charge on any atom is 0.224 e. The van der Waals surface area contributed by atoms with E-state index in [-0.39, 0.29) is 6.04 Å². The van der Waals surface area contributed by atoms with Crippen LogP contribution < -0.4 is 14.8 Å². The normalized spacial score (nSPS) is 12.0. The van der Waals surface area contributed by atoms with E-state index in [9.17, 15) is 0 Å². The highest BCUT2D eigenvalue weighted by molar-refractivity contribution is 5.34. The van der Waals surface area contributed by atoms with Crippen molar-refractivity contribution < 1.29 is 9.47 Å². The van der Waals surface area contributed by atoms with Crippen LogP contribution in [0.3, 0.4) is 0 Å². The van der Waals surface area contributed by atoms with E-state index in [1.54, 1.807) is 14.2 Å². The highest BCUT2D eigenvalue weighted by Gasteiger charge is 2.14. The van der Waals surface area contributed by atoms with Crippen LogP contribution in [0.5, 0.6) is 11.8 Å². The van der Waals surface area contributed by atoms with Gasteiger partial charge in [0, 0.05) is 12.6 Å². The van der Waals surface area contributed by atoms with Crippen LogP contribution in [0.2, 0.25) is 0 Å². The molecule has 5 nitrogen and oxygen atoms in total. The van der Waals surface area contributed by atoms with Crippen molar-refractivity contribution in [2.24, 2.45) is 0 Å². The number of ether oxygens (including phenoxy) is 2. The van der Waals surface area contributed by atoms with Crippen LogP contribution in [-0.4, -0.2) is 24.2 Å². The van der Waals surface area contributed by atoms with E-state index in [1.807, 2.05) is 0 Å². The predicted octanol–water partition coefficient (Wildman–Crippen LogP) is 2.65. The van der Waals surface area contributed by atoms with Crippen LogP contribution in [0.1, 0.15) is 29.7 Å². The number of methoxy groups -OCH3 is 2. The third-order valence-electron chi connectivity index (χ3n) is 3.42. The van der Waals surface area contributed by atoms with E-state index < -0.39 is 0 Å². The fourth-order valence-electron chi connectivity index (χ4n) is 2.11. The summed E-state index contributed by atoms with van der Waals surface area (Å²) in [6.07, 6.45) is 1.44. The molecule has 112 valence electrons. The average Bonchev–Trinajstić information content (AvgIpc) is 2.52. The number of benzene rings is 1. The molecular weight excluding hydrogens is 266 g/mol. The third-order valence-corrected chi connectivity index (χ3v) is 3.42. The summed E-state index contributed by atoms with van der Waals surface area (Å²) in [5.74, 6) is 1.07. The van der Waals surface area contributed by atoms with E-state index >= 15 is 0 Å². The summed E-state index contributed by atoms with van der Waals surface area (Å²) in [6, 6.07) is 8.69. The summed E-state index contributed by atoms with van der Waals surface area (Å²) in [6.45, 7) is 4.77. The first-order valence-electron chi connectivity index (χ1n) is 6.87. The smallest absolute Gasteiger partial charge is 0.224 e. The number of rotatable bonds is 6. The fourth-order valence-corrected chi connectivity index (χ4v) is 2.11. The van der Waals surface area contributed by atoms with Crippen molar-refractivity contribution in [2.45, 2.75) is 26.4 Å². The van der Waals surface area contributed by atoms with Gasteiger partial charge in [-0.1, -0.05) is 29.8 Å². The first-order valence-corrected chi connectivity index (χ1v) is 6.87. The molecule has 0 radical (unpaired) electrons. The molecule has 1 aromatic carbocycles. The Bertz CT molecular complexity index is 562. The molecule has 1 aromatic heterocycles. The van der Waals surface area contributed by atoms with Crippen molar-refractivity contribution >= 4 is 0 Å². The van der Waals surface area contributed by atoms with E-state index in [1.165, 1.54) is 17.5 Å². The van der Waals surface area contributed by atoms with Gasteiger partial charge in [0.15, 0.2) is 0 Å². The van der Waals surface area contributed by atoms with Crippen LogP contribution >= 0.6 is 0 Å². The molecule has 0 aliphatic rings. The van der Waals surface area contributed by atoms with Gasteiger partial charge in [0.1, 0.15) is 6.33 Å². The lowest BCUT2D eigenvalue weighted by Gasteiger charge is -2.16. The number of aryl methyl sites for hydroxylation is 1. The Hall–Kier alpha value is -2.14. The number of aromatic nitrogens is 2. The predicted molar refractivity (Wildman–Crippen MR) is 81.6 cm³/mol. The van der Waals surface area contributed by atoms with Gasteiger partial charge in [-0.25, -0.2) is 9.97 Å². The molecule has 0 fully saturated rings. The summed E-state index contributed by atoms with van der Waals surface area (Å²) >= 11 is 0. The van der Waals surface area contributed by atoms with Crippen molar-refractivity contribution in [3.8, 4) is 11.8 Å². The topological polar surface area (TPSA) is 56.3 Å². The van der Waals surface area contributed by atoms with E-state index in [2.05, 4.69) is 53.4 Å². The summed E-state index contributed by atoms with van der Waals surface area (Å²) in [5, 5.41) is 3.44. The summed E-state index contributed by atoms with van der Waals surface area (Å²) < 4.78 is 10.5. The molecule has 1 heterocycles. The van der Waals surface area contributed by atoms with Crippen LogP contribution in [0, 0.1) is 6.92 Å². The molecule has 1 unspecified atom stereocenters. The summed E-state index contributed by atoms with van der Waals surface area (Å²) in [7, 11) is 3.18. The molecule has 0 aliphatic carbocycles. The lowest BCUT2D eigenvalue weighted by molar-refractivity contribution is 0.357.